The number of allylic oxidation sites excluding steroid dienone is 1. The number of nitrogens with one attached hydrogen (secondary N) is 1. The van der Waals surface area contributed by atoms with Crippen LogP contribution in [0.25, 0.3) is 0 Å². The van der Waals surface area contributed by atoms with Gasteiger partial charge in [0.2, 0.25) is 5.91 Å². The molecule has 5 nitrogen and oxygen atoms in total. The lowest BCUT2D eigenvalue weighted by Crippen LogP contribution is -2.66. The summed E-state index contributed by atoms with van der Waals surface area (Å²) >= 11 is 0. The number of aliphatic hydroxyl groups excluding tert-OH is 1. The minimum Gasteiger partial charge on any atom is -0.389 e. The van der Waals surface area contributed by atoms with E-state index in [0.717, 1.165) is 19.3 Å². The first-order valence-corrected chi connectivity index (χ1v) is 7.26. The van der Waals surface area contributed by atoms with Crippen LogP contribution in [0.4, 0.5) is 0 Å². The highest BCUT2D eigenvalue weighted by atomic mass is 16.3. The van der Waals surface area contributed by atoms with Crippen LogP contribution in [0.5, 0.6) is 0 Å². The summed E-state index contributed by atoms with van der Waals surface area (Å²) in [6.07, 6.45) is 6.29. The maximum atomic E-state index is 12.0. The lowest BCUT2D eigenvalue weighted by molar-refractivity contribution is -0.138. The van der Waals surface area contributed by atoms with Crippen LogP contribution in [0.15, 0.2) is 12.2 Å². The number of amides is 1. The van der Waals surface area contributed by atoms with Crippen LogP contribution in [0, 0.1) is 11.8 Å². The monoisotopic (exact) mass is 281 g/mol. The number of aldehydes is 1. The van der Waals surface area contributed by atoms with Crippen molar-refractivity contribution in [2.45, 2.75) is 56.8 Å². The largest absolute Gasteiger partial charge is 0.389 e. The van der Waals surface area contributed by atoms with Crippen molar-refractivity contribution in [1.82, 2.24) is 5.32 Å². The molecule has 0 bridgehead atoms. The molecule has 1 aliphatic carbocycles. The second-order valence-electron chi connectivity index (χ2n) is 6.05. The summed E-state index contributed by atoms with van der Waals surface area (Å²) in [5, 5.41) is 23.9. The zero-order valence-electron chi connectivity index (χ0n) is 12.0. The molecule has 1 saturated heterocycles. The molecule has 2 aliphatic rings. The molecule has 1 heterocycles. The van der Waals surface area contributed by atoms with Crippen molar-refractivity contribution < 1.29 is 19.8 Å². The van der Waals surface area contributed by atoms with Gasteiger partial charge in [0.1, 0.15) is 5.60 Å². The first-order valence-electron chi connectivity index (χ1n) is 7.26. The average molecular weight is 281 g/mol. The molecule has 1 aliphatic heterocycles. The summed E-state index contributed by atoms with van der Waals surface area (Å²) in [5.41, 5.74) is -3.22. The maximum Gasteiger partial charge on any atom is 0.227 e. The van der Waals surface area contributed by atoms with Crippen LogP contribution < -0.4 is 5.32 Å². The molecule has 20 heavy (non-hydrogen) atoms. The zero-order chi connectivity index (χ0) is 15.0. The first kappa shape index (κ1) is 15.2. The Morgan fingerprint density at radius 1 is 1.60 bits per heavy atom. The van der Waals surface area contributed by atoms with E-state index in [-0.39, 0.29) is 11.8 Å². The van der Waals surface area contributed by atoms with E-state index in [4.69, 9.17) is 0 Å². The van der Waals surface area contributed by atoms with Crippen LogP contribution in [-0.2, 0) is 9.59 Å². The van der Waals surface area contributed by atoms with E-state index < -0.39 is 23.2 Å². The second kappa shape index (κ2) is 5.30. The zero-order valence-corrected chi connectivity index (χ0v) is 12.0. The van der Waals surface area contributed by atoms with Gasteiger partial charge in [-0.15, -0.1) is 0 Å². The summed E-state index contributed by atoms with van der Waals surface area (Å²) < 4.78 is 0. The average Bonchev–Trinajstić information content (AvgIpc) is 2.65. The highest BCUT2D eigenvalue weighted by molar-refractivity contribution is 5.91. The molecule has 112 valence electrons. The van der Waals surface area contributed by atoms with Crippen molar-refractivity contribution in [2.24, 2.45) is 11.8 Å². The van der Waals surface area contributed by atoms with Crippen LogP contribution in [0.1, 0.15) is 39.5 Å². The fourth-order valence-corrected chi connectivity index (χ4v) is 3.58. The van der Waals surface area contributed by atoms with Crippen molar-refractivity contribution in [2.75, 3.05) is 0 Å². The highest BCUT2D eigenvalue weighted by Crippen LogP contribution is 2.42. The SMILES string of the molecule is CC[C@H]1C(=O)N[C@](C=O)([C@@H](O)[C@@H]2C=CCCC2)[C@@]1(C)O. The van der Waals surface area contributed by atoms with Gasteiger partial charge in [-0.3, -0.25) is 4.79 Å². The van der Waals surface area contributed by atoms with Gasteiger partial charge in [0.25, 0.3) is 0 Å². The molecule has 0 aromatic carbocycles. The summed E-state index contributed by atoms with van der Waals surface area (Å²) in [6.45, 7) is 3.25. The summed E-state index contributed by atoms with van der Waals surface area (Å²) in [7, 11) is 0. The Kier molecular flexibility index (Phi) is 4.02. The third kappa shape index (κ3) is 2.00. The van der Waals surface area contributed by atoms with E-state index in [2.05, 4.69) is 5.32 Å². The molecule has 0 aromatic rings. The second-order valence-corrected chi connectivity index (χ2v) is 6.05. The molecular formula is C15H23NO4. The number of hydrogen-bond donors (Lipinski definition) is 3. The standard InChI is InChI=1S/C15H23NO4/c1-3-11-13(19)16-15(9-17,14(11,2)20)12(18)10-7-5-4-6-8-10/h5,7,9-12,18,20H,3-4,6,8H2,1-2H3,(H,16,19)/t10-,11+,12+,14+,15-/m1/s1. The van der Waals surface area contributed by atoms with E-state index in [1.54, 1.807) is 6.92 Å². The Balaban J connectivity index is 2.38. The van der Waals surface area contributed by atoms with Gasteiger partial charge < -0.3 is 20.3 Å². The lowest BCUT2D eigenvalue weighted by Gasteiger charge is -2.42. The molecule has 0 saturated carbocycles. The number of rotatable bonds is 4. The third-order valence-corrected chi connectivity index (χ3v) is 4.92. The van der Waals surface area contributed by atoms with E-state index in [9.17, 15) is 19.8 Å². The van der Waals surface area contributed by atoms with Crippen LogP contribution in [-0.4, -0.2) is 39.7 Å². The number of hydrogen-bond acceptors (Lipinski definition) is 4. The van der Waals surface area contributed by atoms with Gasteiger partial charge in [0.15, 0.2) is 11.8 Å². The van der Waals surface area contributed by atoms with Gasteiger partial charge in [0, 0.05) is 5.92 Å². The quantitative estimate of drug-likeness (QED) is 0.519. The molecule has 0 unspecified atom stereocenters. The third-order valence-electron chi connectivity index (χ3n) is 4.92. The van der Waals surface area contributed by atoms with Gasteiger partial charge in [-0.2, -0.15) is 0 Å². The van der Waals surface area contributed by atoms with Gasteiger partial charge in [-0.25, -0.2) is 0 Å². The molecule has 3 N–H and O–H groups in total. The predicted octanol–water partition coefficient (Wildman–Crippen LogP) is 0.548. The Hall–Kier alpha value is -1.20. The van der Waals surface area contributed by atoms with Gasteiger partial charge in [-0.1, -0.05) is 19.1 Å². The van der Waals surface area contributed by atoms with Gasteiger partial charge in [0.05, 0.1) is 12.0 Å². The fraction of sp³-hybridized carbons (Fsp3) is 0.733. The van der Waals surface area contributed by atoms with Gasteiger partial charge >= 0.3 is 0 Å². The molecule has 0 radical (unpaired) electrons. The highest BCUT2D eigenvalue weighted by Gasteiger charge is 2.64. The van der Waals surface area contributed by atoms with E-state index in [1.165, 1.54) is 6.92 Å². The van der Waals surface area contributed by atoms with Crippen molar-refractivity contribution in [3.63, 3.8) is 0 Å². The summed E-state index contributed by atoms with van der Waals surface area (Å²) in [6, 6.07) is 0. The van der Waals surface area contributed by atoms with Crippen LogP contribution >= 0.6 is 0 Å². The number of aliphatic hydroxyl groups is 2. The minimum absolute atomic E-state index is 0.226. The lowest BCUT2D eigenvalue weighted by atomic mass is 9.69. The minimum atomic E-state index is -1.63. The number of carbonyl (C=O) groups is 2. The smallest absolute Gasteiger partial charge is 0.227 e. The summed E-state index contributed by atoms with van der Waals surface area (Å²) in [4.78, 5) is 23.7. The normalized spacial score (nSPS) is 42.3. The molecule has 1 fully saturated rings. The topological polar surface area (TPSA) is 86.6 Å². The fourth-order valence-electron chi connectivity index (χ4n) is 3.58. The summed E-state index contributed by atoms with van der Waals surface area (Å²) in [5.74, 6) is -1.28. The van der Waals surface area contributed by atoms with Crippen LogP contribution in [0.2, 0.25) is 0 Å². The Morgan fingerprint density at radius 3 is 2.75 bits per heavy atom. The number of carbonyl (C=O) groups excluding carboxylic acids is 2. The van der Waals surface area contributed by atoms with Crippen molar-refractivity contribution in [3.05, 3.63) is 12.2 Å². The Morgan fingerprint density at radius 2 is 2.30 bits per heavy atom. The molecule has 0 aromatic heterocycles. The van der Waals surface area contributed by atoms with Crippen molar-refractivity contribution in [1.29, 1.82) is 0 Å². The molecule has 5 atom stereocenters. The Bertz CT molecular complexity index is 432. The molecule has 5 heteroatoms. The van der Waals surface area contributed by atoms with Crippen molar-refractivity contribution in [3.8, 4) is 0 Å². The maximum absolute atomic E-state index is 12.0. The van der Waals surface area contributed by atoms with Crippen molar-refractivity contribution >= 4 is 12.2 Å². The van der Waals surface area contributed by atoms with Gasteiger partial charge in [-0.05, 0) is 32.6 Å². The predicted molar refractivity (Wildman–Crippen MR) is 73.8 cm³/mol. The van der Waals surface area contributed by atoms with E-state index >= 15 is 0 Å². The molecular weight excluding hydrogens is 258 g/mol. The molecule has 1 amide bonds. The van der Waals surface area contributed by atoms with Crippen LogP contribution in [0.3, 0.4) is 0 Å². The Labute approximate surface area is 119 Å². The van der Waals surface area contributed by atoms with E-state index in [0.29, 0.717) is 12.7 Å². The molecule has 2 rings (SSSR count). The first-order chi connectivity index (χ1) is 9.40. The van der Waals surface area contributed by atoms with E-state index in [1.807, 2.05) is 12.2 Å². The molecule has 0 spiro atoms.